The Kier molecular flexibility index (Phi) is 5.46. The van der Waals surface area contributed by atoms with Gasteiger partial charge in [0, 0.05) is 5.39 Å². The Bertz CT molecular complexity index is 490. The Morgan fingerprint density at radius 3 is 2.17 bits per heavy atom. The molecule has 100 valence electrons. The summed E-state index contributed by atoms with van der Waals surface area (Å²) in [5.74, 6) is 0.802. The standard InChI is InChI=1S/C13H14O.2C2H6/c1-8-7-9(2)13-11(5-6-14-13)12(8)10-3-4-10;2*1-2/h5-7,10H,3-4H2,1-2H3;2*1-2H3. The third kappa shape index (κ3) is 2.77. The third-order valence-corrected chi connectivity index (χ3v) is 3.16. The molecule has 1 saturated carbocycles. The molecule has 0 saturated heterocycles. The molecule has 2 aromatic rings. The van der Waals surface area contributed by atoms with Gasteiger partial charge in [0.25, 0.3) is 0 Å². The molecular formula is C17H26O. The first kappa shape index (κ1) is 14.8. The van der Waals surface area contributed by atoms with E-state index in [0.29, 0.717) is 0 Å². The first-order valence-corrected chi connectivity index (χ1v) is 7.24. The molecule has 18 heavy (non-hydrogen) atoms. The lowest BCUT2D eigenvalue weighted by Gasteiger charge is -2.07. The van der Waals surface area contributed by atoms with Crippen LogP contribution in [0.15, 0.2) is 22.8 Å². The van der Waals surface area contributed by atoms with Crippen molar-refractivity contribution in [1.29, 1.82) is 0 Å². The van der Waals surface area contributed by atoms with E-state index >= 15 is 0 Å². The predicted octanol–water partition coefficient (Wildman–Crippen LogP) is 5.98. The van der Waals surface area contributed by atoms with Gasteiger partial charge in [0.05, 0.1) is 6.26 Å². The van der Waals surface area contributed by atoms with Gasteiger partial charge in [0.15, 0.2) is 0 Å². The van der Waals surface area contributed by atoms with Crippen molar-refractivity contribution < 1.29 is 4.42 Å². The van der Waals surface area contributed by atoms with Gasteiger partial charge >= 0.3 is 0 Å². The summed E-state index contributed by atoms with van der Waals surface area (Å²) in [5.41, 5.74) is 5.29. The summed E-state index contributed by atoms with van der Waals surface area (Å²) >= 11 is 0. The van der Waals surface area contributed by atoms with E-state index in [1.807, 2.05) is 34.0 Å². The van der Waals surface area contributed by atoms with Crippen LogP contribution < -0.4 is 0 Å². The fraction of sp³-hybridized carbons (Fsp3) is 0.529. The molecule has 0 N–H and O–H groups in total. The van der Waals surface area contributed by atoms with E-state index in [1.54, 1.807) is 0 Å². The summed E-state index contributed by atoms with van der Waals surface area (Å²) in [5, 5.41) is 1.34. The van der Waals surface area contributed by atoms with Crippen LogP contribution in [-0.4, -0.2) is 0 Å². The maximum absolute atomic E-state index is 5.52. The molecule has 1 nitrogen and oxygen atoms in total. The van der Waals surface area contributed by atoms with Crippen molar-refractivity contribution in [2.45, 2.75) is 60.3 Å². The van der Waals surface area contributed by atoms with E-state index in [9.17, 15) is 0 Å². The van der Waals surface area contributed by atoms with Crippen LogP contribution in [0.4, 0.5) is 0 Å². The van der Waals surface area contributed by atoms with E-state index in [-0.39, 0.29) is 0 Å². The average molecular weight is 246 g/mol. The van der Waals surface area contributed by atoms with E-state index in [2.05, 4.69) is 26.0 Å². The molecule has 0 atom stereocenters. The Labute approximate surface area is 111 Å². The van der Waals surface area contributed by atoms with Crippen molar-refractivity contribution >= 4 is 11.0 Å². The normalized spacial score (nSPS) is 13.4. The van der Waals surface area contributed by atoms with E-state index < -0.39 is 0 Å². The highest BCUT2D eigenvalue weighted by molar-refractivity contribution is 5.86. The van der Waals surface area contributed by atoms with Crippen LogP contribution in [0.1, 0.15) is 63.1 Å². The van der Waals surface area contributed by atoms with Gasteiger partial charge in [-0.1, -0.05) is 33.8 Å². The van der Waals surface area contributed by atoms with Gasteiger partial charge in [0.1, 0.15) is 5.58 Å². The smallest absolute Gasteiger partial charge is 0.137 e. The molecule has 1 aliphatic carbocycles. The van der Waals surface area contributed by atoms with Gasteiger partial charge in [-0.3, -0.25) is 0 Å². The van der Waals surface area contributed by atoms with E-state index in [0.717, 1.165) is 11.5 Å². The van der Waals surface area contributed by atoms with Crippen molar-refractivity contribution in [2.75, 3.05) is 0 Å². The molecule has 0 radical (unpaired) electrons. The van der Waals surface area contributed by atoms with Crippen molar-refractivity contribution in [3.8, 4) is 0 Å². The second-order valence-corrected chi connectivity index (χ2v) is 4.36. The Hall–Kier alpha value is -1.24. The number of benzene rings is 1. The maximum Gasteiger partial charge on any atom is 0.137 e. The summed E-state index contributed by atoms with van der Waals surface area (Å²) in [6, 6.07) is 4.36. The van der Waals surface area contributed by atoms with Crippen LogP contribution >= 0.6 is 0 Å². The van der Waals surface area contributed by atoms with Crippen LogP contribution in [0.2, 0.25) is 0 Å². The second-order valence-electron chi connectivity index (χ2n) is 4.36. The highest BCUT2D eigenvalue weighted by Crippen LogP contribution is 2.45. The van der Waals surface area contributed by atoms with Gasteiger partial charge in [-0.2, -0.15) is 0 Å². The highest BCUT2D eigenvalue weighted by atomic mass is 16.3. The van der Waals surface area contributed by atoms with Crippen LogP contribution in [-0.2, 0) is 0 Å². The summed E-state index contributed by atoms with van der Waals surface area (Å²) in [6.07, 6.45) is 4.51. The zero-order valence-electron chi connectivity index (χ0n) is 12.6. The minimum Gasteiger partial charge on any atom is -0.464 e. The third-order valence-electron chi connectivity index (χ3n) is 3.16. The van der Waals surface area contributed by atoms with Crippen LogP contribution in [0.25, 0.3) is 11.0 Å². The minimum absolute atomic E-state index is 0.802. The average Bonchev–Trinajstić information content (AvgIpc) is 3.10. The molecule has 1 aromatic carbocycles. The summed E-state index contributed by atoms with van der Waals surface area (Å²) in [4.78, 5) is 0. The van der Waals surface area contributed by atoms with Crippen molar-refractivity contribution in [2.24, 2.45) is 0 Å². The van der Waals surface area contributed by atoms with Crippen LogP contribution in [0.5, 0.6) is 0 Å². The summed E-state index contributed by atoms with van der Waals surface area (Å²) in [6.45, 7) is 12.3. The van der Waals surface area contributed by atoms with Gasteiger partial charge < -0.3 is 4.42 Å². The number of rotatable bonds is 1. The summed E-state index contributed by atoms with van der Waals surface area (Å²) in [7, 11) is 0. The largest absolute Gasteiger partial charge is 0.464 e. The van der Waals surface area contributed by atoms with E-state index in [4.69, 9.17) is 4.42 Å². The quantitative estimate of drug-likeness (QED) is 0.603. The first-order chi connectivity index (χ1) is 8.77. The Morgan fingerprint density at radius 2 is 1.61 bits per heavy atom. The SMILES string of the molecule is CC.CC.Cc1cc(C)c2occc2c1C1CC1. The second kappa shape index (κ2) is 6.63. The van der Waals surface area contributed by atoms with Crippen molar-refractivity contribution in [3.63, 3.8) is 0 Å². The Balaban J connectivity index is 0.000000371. The fourth-order valence-electron chi connectivity index (χ4n) is 2.42. The number of hydrogen-bond donors (Lipinski definition) is 0. The number of fused-ring (bicyclic) bond motifs is 1. The number of hydrogen-bond acceptors (Lipinski definition) is 1. The topological polar surface area (TPSA) is 13.1 Å². The van der Waals surface area contributed by atoms with Gasteiger partial charge in [-0.15, -0.1) is 0 Å². The minimum atomic E-state index is 0.802. The molecule has 0 aliphatic heterocycles. The van der Waals surface area contributed by atoms with Crippen molar-refractivity contribution in [1.82, 2.24) is 0 Å². The van der Waals surface area contributed by atoms with Crippen LogP contribution in [0.3, 0.4) is 0 Å². The fourth-order valence-corrected chi connectivity index (χ4v) is 2.42. The highest BCUT2D eigenvalue weighted by Gasteiger charge is 2.27. The molecule has 3 rings (SSSR count). The molecule has 1 aromatic heterocycles. The van der Waals surface area contributed by atoms with Gasteiger partial charge in [-0.05, 0) is 55.4 Å². The molecular weight excluding hydrogens is 220 g/mol. The van der Waals surface area contributed by atoms with Gasteiger partial charge in [0.2, 0.25) is 0 Å². The van der Waals surface area contributed by atoms with Gasteiger partial charge in [-0.25, -0.2) is 0 Å². The molecule has 0 amide bonds. The Morgan fingerprint density at radius 1 is 1.00 bits per heavy atom. The van der Waals surface area contributed by atoms with E-state index in [1.165, 1.54) is 34.9 Å². The van der Waals surface area contributed by atoms with Crippen LogP contribution in [0, 0.1) is 13.8 Å². The molecule has 0 spiro atoms. The molecule has 1 fully saturated rings. The number of furan rings is 1. The van der Waals surface area contributed by atoms with Crippen molar-refractivity contribution in [3.05, 3.63) is 35.1 Å². The molecule has 0 unspecified atom stereocenters. The lowest BCUT2D eigenvalue weighted by atomic mass is 9.97. The monoisotopic (exact) mass is 246 g/mol. The first-order valence-electron chi connectivity index (χ1n) is 7.24. The molecule has 1 heteroatoms. The maximum atomic E-state index is 5.52. The summed E-state index contributed by atoms with van der Waals surface area (Å²) < 4.78 is 5.52. The lowest BCUT2D eigenvalue weighted by molar-refractivity contribution is 0.613. The molecule has 1 heterocycles. The molecule has 1 aliphatic rings. The number of aryl methyl sites for hydroxylation is 2. The zero-order valence-corrected chi connectivity index (χ0v) is 12.6. The zero-order chi connectivity index (χ0) is 13.7. The molecule has 0 bridgehead atoms. The lowest BCUT2D eigenvalue weighted by Crippen LogP contribution is -1.88. The predicted molar refractivity (Wildman–Crippen MR) is 80.4 cm³/mol.